The Balaban J connectivity index is 1.64. The third-order valence-corrected chi connectivity index (χ3v) is 3.57. The van der Waals surface area contributed by atoms with Crippen LogP contribution in [0.3, 0.4) is 0 Å². The lowest BCUT2D eigenvalue weighted by Gasteiger charge is -2.28. The zero-order valence-electron chi connectivity index (χ0n) is 13.1. The highest BCUT2D eigenvalue weighted by molar-refractivity contribution is 5.78. The first-order valence-electron chi connectivity index (χ1n) is 7.80. The molecule has 1 atom stereocenters. The summed E-state index contributed by atoms with van der Waals surface area (Å²) >= 11 is 0. The summed E-state index contributed by atoms with van der Waals surface area (Å²) < 4.78 is 18.2. The number of β-amino-alcohol motifs (C(OH)–C–C–N with tert-alkyl or cyclic N) is 1. The molecule has 126 valence electrons. The Bertz CT molecular complexity index is 530. The van der Waals surface area contributed by atoms with Crippen LogP contribution in [0.15, 0.2) is 30.3 Å². The molecule has 0 aliphatic carbocycles. The molecule has 1 aromatic rings. The molecule has 1 aliphatic rings. The summed E-state index contributed by atoms with van der Waals surface area (Å²) in [5.74, 6) is -0.471. The average molecular weight is 322 g/mol. The number of aliphatic hydroxyl groups is 1. The van der Waals surface area contributed by atoms with E-state index in [0.717, 1.165) is 13.1 Å². The van der Waals surface area contributed by atoms with Crippen molar-refractivity contribution >= 4 is 12.0 Å². The smallest absolute Gasteiger partial charge is 0.223 e. The minimum atomic E-state index is -0.593. The van der Waals surface area contributed by atoms with Crippen LogP contribution in [-0.4, -0.2) is 61.4 Å². The topological polar surface area (TPSA) is 61.8 Å². The Hall–Kier alpha value is -1.76. The van der Waals surface area contributed by atoms with Gasteiger partial charge < -0.3 is 15.2 Å². The van der Waals surface area contributed by atoms with E-state index < -0.39 is 6.10 Å². The van der Waals surface area contributed by atoms with Crippen LogP contribution in [0, 0.1) is 5.82 Å². The van der Waals surface area contributed by atoms with Crippen LogP contribution in [-0.2, 0) is 9.53 Å². The van der Waals surface area contributed by atoms with Crippen molar-refractivity contribution in [1.29, 1.82) is 0 Å². The molecule has 0 saturated carbocycles. The quantitative estimate of drug-likeness (QED) is 0.787. The molecule has 2 rings (SSSR count). The maximum absolute atomic E-state index is 13.0. The van der Waals surface area contributed by atoms with Gasteiger partial charge in [0.1, 0.15) is 5.82 Å². The largest absolute Gasteiger partial charge is 0.390 e. The number of hydrogen-bond acceptors (Lipinski definition) is 4. The van der Waals surface area contributed by atoms with E-state index in [0.29, 0.717) is 25.3 Å². The number of nitrogens with one attached hydrogen (secondary N) is 1. The first kappa shape index (κ1) is 17.6. The third-order valence-electron chi connectivity index (χ3n) is 3.57. The first-order chi connectivity index (χ1) is 11.1. The summed E-state index contributed by atoms with van der Waals surface area (Å²) in [6, 6.07) is 6.17. The Morgan fingerprint density at radius 3 is 2.96 bits per heavy atom. The normalized spacial score (nSPS) is 17.3. The lowest BCUT2D eigenvalue weighted by molar-refractivity contribution is -0.120. The number of carbonyl (C=O) groups excluding carboxylic acids is 1. The summed E-state index contributed by atoms with van der Waals surface area (Å²) in [6.45, 7) is 3.74. The molecular formula is C17H23FN2O3. The summed E-state index contributed by atoms with van der Waals surface area (Å²) in [5, 5.41) is 12.6. The van der Waals surface area contributed by atoms with Gasteiger partial charge in [0.25, 0.3) is 0 Å². The second-order valence-electron chi connectivity index (χ2n) is 5.53. The van der Waals surface area contributed by atoms with Crippen molar-refractivity contribution in [3.05, 3.63) is 41.7 Å². The number of carbonyl (C=O) groups is 1. The Morgan fingerprint density at radius 1 is 1.43 bits per heavy atom. The van der Waals surface area contributed by atoms with E-state index in [2.05, 4.69) is 10.2 Å². The summed E-state index contributed by atoms with van der Waals surface area (Å²) in [7, 11) is 0. The molecule has 1 aromatic carbocycles. The first-order valence-corrected chi connectivity index (χ1v) is 7.80. The van der Waals surface area contributed by atoms with Gasteiger partial charge in [-0.15, -0.1) is 0 Å². The molecule has 1 amide bonds. The van der Waals surface area contributed by atoms with Crippen molar-refractivity contribution in [1.82, 2.24) is 10.2 Å². The van der Waals surface area contributed by atoms with Gasteiger partial charge in [-0.3, -0.25) is 9.69 Å². The molecule has 0 radical (unpaired) electrons. The van der Waals surface area contributed by atoms with Gasteiger partial charge in [0.05, 0.1) is 19.3 Å². The van der Waals surface area contributed by atoms with Gasteiger partial charge in [0.2, 0.25) is 5.91 Å². The highest BCUT2D eigenvalue weighted by Gasteiger charge is 2.15. The third kappa shape index (κ3) is 6.90. The molecular weight excluding hydrogens is 299 g/mol. The van der Waals surface area contributed by atoms with Crippen molar-refractivity contribution in [2.24, 2.45) is 0 Å². The summed E-state index contributed by atoms with van der Waals surface area (Å²) in [4.78, 5) is 13.8. The maximum Gasteiger partial charge on any atom is 0.223 e. The van der Waals surface area contributed by atoms with Gasteiger partial charge in [-0.25, -0.2) is 4.39 Å². The highest BCUT2D eigenvalue weighted by Crippen LogP contribution is 2.05. The van der Waals surface area contributed by atoms with Crippen molar-refractivity contribution in [3.63, 3.8) is 0 Å². The molecule has 1 fully saturated rings. The number of aliphatic hydroxyl groups excluding tert-OH is 1. The van der Waals surface area contributed by atoms with E-state index in [1.54, 1.807) is 24.3 Å². The number of halogens is 1. The zero-order chi connectivity index (χ0) is 16.5. The molecule has 1 aliphatic heterocycles. The predicted molar refractivity (Wildman–Crippen MR) is 86.3 cm³/mol. The molecule has 5 nitrogen and oxygen atoms in total. The number of amides is 1. The van der Waals surface area contributed by atoms with E-state index in [-0.39, 0.29) is 24.7 Å². The summed E-state index contributed by atoms with van der Waals surface area (Å²) in [5.41, 5.74) is 0.713. The van der Waals surface area contributed by atoms with Crippen molar-refractivity contribution in [3.8, 4) is 0 Å². The molecule has 2 N–H and O–H groups in total. The molecule has 0 bridgehead atoms. The maximum atomic E-state index is 13.0. The standard InChI is InChI=1S/C17H23FN2O3/c18-15-5-1-3-14(11-15)4-2-6-17(22)19-12-16(21)13-20-7-9-23-10-8-20/h1-5,11,16,21H,6-10,12-13H2,(H,19,22)/b4-2+. The highest BCUT2D eigenvalue weighted by atomic mass is 19.1. The fourth-order valence-electron chi connectivity index (χ4n) is 2.36. The molecule has 0 aromatic heterocycles. The Morgan fingerprint density at radius 2 is 2.22 bits per heavy atom. The van der Waals surface area contributed by atoms with Crippen LogP contribution in [0.25, 0.3) is 6.08 Å². The number of benzene rings is 1. The molecule has 6 heteroatoms. The van der Waals surface area contributed by atoms with Crippen LogP contribution >= 0.6 is 0 Å². The second-order valence-corrected chi connectivity index (χ2v) is 5.53. The molecule has 1 saturated heterocycles. The van der Waals surface area contributed by atoms with Gasteiger partial charge in [0.15, 0.2) is 0 Å². The van der Waals surface area contributed by atoms with Gasteiger partial charge in [-0.1, -0.05) is 24.3 Å². The monoisotopic (exact) mass is 322 g/mol. The van der Waals surface area contributed by atoms with Crippen molar-refractivity contribution in [2.45, 2.75) is 12.5 Å². The fourth-order valence-corrected chi connectivity index (χ4v) is 2.36. The predicted octanol–water partition coefficient (Wildman–Crippen LogP) is 1.04. The van der Waals surface area contributed by atoms with Crippen molar-refractivity contribution in [2.75, 3.05) is 39.4 Å². The van der Waals surface area contributed by atoms with E-state index in [1.165, 1.54) is 12.1 Å². The Kier molecular flexibility index (Phi) is 7.19. The number of nitrogens with zero attached hydrogens (tertiary/aromatic N) is 1. The number of hydrogen-bond donors (Lipinski definition) is 2. The van der Waals surface area contributed by atoms with Crippen LogP contribution in [0.4, 0.5) is 4.39 Å². The average Bonchev–Trinajstić information content (AvgIpc) is 2.54. The number of rotatable bonds is 7. The zero-order valence-corrected chi connectivity index (χ0v) is 13.1. The minimum Gasteiger partial charge on any atom is -0.390 e. The molecule has 1 unspecified atom stereocenters. The van der Waals surface area contributed by atoms with Crippen LogP contribution in [0.2, 0.25) is 0 Å². The molecule has 1 heterocycles. The van der Waals surface area contributed by atoms with Gasteiger partial charge in [0, 0.05) is 32.6 Å². The minimum absolute atomic E-state index is 0.168. The molecule has 23 heavy (non-hydrogen) atoms. The lowest BCUT2D eigenvalue weighted by atomic mass is 10.2. The molecule has 0 spiro atoms. The number of ether oxygens (including phenoxy) is 1. The van der Waals surface area contributed by atoms with Crippen molar-refractivity contribution < 1.29 is 19.0 Å². The fraction of sp³-hybridized carbons (Fsp3) is 0.471. The van der Waals surface area contributed by atoms with Crippen LogP contribution in [0.1, 0.15) is 12.0 Å². The SMILES string of the molecule is O=C(C/C=C/c1cccc(F)c1)NCC(O)CN1CCOCC1. The lowest BCUT2D eigenvalue weighted by Crippen LogP contribution is -2.44. The van der Waals surface area contributed by atoms with Gasteiger partial charge in [-0.05, 0) is 17.7 Å². The van der Waals surface area contributed by atoms with E-state index in [1.807, 2.05) is 0 Å². The van der Waals surface area contributed by atoms with Gasteiger partial charge in [-0.2, -0.15) is 0 Å². The summed E-state index contributed by atoms with van der Waals surface area (Å²) in [6.07, 6.45) is 2.98. The van der Waals surface area contributed by atoms with Crippen LogP contribution in [0.5, 0.6) is 0 Å². The van der Waals surface area contributed by atoms with E-state index in [4.69, 9.17) is 4.74 Å². The van der Waals surface area contributed by atoms with Gasteiger partial charge >= 0.3 is 0 Å². The Labute approximate surface area is 135 Å². The second kappa shape index (κ2) is 9.39. The van der Waals surface area contributed by atoms with Crippen LogP contribution < -0.4 is 5.32 Å². The van der Waals surface area contributed by atoms with E-state index in [9.17, 15) is 14.3 Å². The van der Waals surface area contributed by atoms with E-state index >= 15 is 0 Å². The number of morpholine rings is 1.